The van der Waals surface area contributed by atoms with Gasteiger partial charge in [0.25, 0.3) is 0 Å². The van der Waals surface area contributed by atoms with Crippen LogP contribution < -0.4 is 4.90 Å². The molecule has 0 bridgehead atoms. The van der Waals surface area contributed by atoms with Crippen LogP contribution in [0.4, 0.5) is 10.1 Å². The summed E-state index contributed by atoms with van der Waals surface area (Å²) in [6.07, 6.45) is 0. The highest BCUT2D eigenvalue weighted by Crippen LogP contribution is 2.31. The van der Waals surface area contributed by atoms with Crippen molar-refractivity contribution in [2.75, 3.05) is 25.0 Å². The van der Waals surface area contributed by atoms with Gasteiger partial charge in [0.15, 0.2) is 5.78 Å². The quantitative estimate of drug-likeness (QED) is 0.778. The smallest absolute Gasteiger partial charge is 0.247 e. The van der Waals surface area contributed by atoms with Gasteiger partial charge in [-0.15, -0.1) is 0 Å². The van der Waals surface area contributed by atoms with Crippen LogP contribution in [-0.4, -0.2) is 42.3 Å². The van der Waals surface area contributed by atoms with Crippen molar-refractivity contribution >= 4 is 17.4 Å². The summed E-state index contributed by atoms with van der Waals surface area (Å²) in [5.74, 6) is -0.665. The van der Waals surface area contributed by atoms with Crippen LogP contribution in [0.25, 0.3) is 0 Å². The number of carbonyl (C=O) groups is 2. The average Bonchev–Trinajstić information content (AvgIpc) is 2.37. The first-order valence-electron chi connectivity index (χ1n) is 6.59. The van der Waals surface area contributed by atoms with E-state index in [9.17, 15) is 14.0 Å². The minimum atomic E-state index is -0.755. The number of piperazine rings is 1. The molecular weight excluding hydrogens is 259 g/mol. The lowest BCUT2D eigenvalue weighted by atomic mass is 9.95. The number of halogens is 1. The molecule has 0 spiro atoms. The Kier molecular flexibility index (Phi) is 3.54. The van der Waals surface area contributed by atoms with Crippen LogP contribution in [0.5, 0.6) is 0 Å². The summed E-state index contributed by atoms with van der Waals surface area (Å²) in [4.78, 5) is 27.6. The van der Waals surface area contributed by atoms with E-state index in [2.05, 4.69) is 0 Å². The number of carbonyl (C=O) groups excluding carboxylic acids is 2. The van der Waals surface area contributed by atoms with Crippen LogP contribution >= 0.6 is 0 Å². The fraction of sp³-hybridized carbons (Fsp3) is 0.467. The van der Waals surface area contributed by atoms with Gasteiger partial charge >= 0.3 is 0 Å². The van der Waals surface area contributed by atoms with Crippen molar-refractivity contribution in [3.8, 4) is 0 Å². The molecule has 1 saturated heterocycles. The predicted molar refractivity (Wildman–Crippen MR) is 75.5 cm³/mol. The van der Waals surface area contributed by atoms with Crippen LogP contribution in [-0.2, 0) is 4.79 Å². The molecule has 1 aliphatic rings. The summed E-state index contributed by atoms with van der Waals surface area (Å²) in [6.45, 7) is 6.23. The Balaban J connectivity index is 2.51. The second-order valence-corrected chi connectivity index (χ2v) is 5.66. The Morgan fingerprint density at radius 3 is 2.55 bits per heavy atom. The molecular formula is C15H19FN2O2. The maximum absolute atomic E-state index is 13.4. The maximum Gasteiger partial charge on any atom is 0.247 e. The number of rotatable bonds is 2. The Morgan fingerprint density at radius 1 is 1.30 bits per heavy atom. The standard InChI is InChI=1S/C15H19FN2O2/c1-10(19)12-9-11(16)5-6-13(12)18-8-7-17(4)14(20)15(18,2)3/h5-6,9H,7-8H2,1-4H3. The molecule has 2 rings (SSSR count). The van der Waals surface area contributed by atoms with Gasteiger partial charge in [-0.1, -0.05) is 0 Å². The Bertz CT molecular complexity index is 569. The lowest BCUT2D eigenvalue weighted by Gasteiger charge is -2.46. The Hall–Kier alpha value is -1.91. The van der Waals surface area contributed by atoms with Gasteiger partial charge in [0, 0.05) is 31.4 Å². The molecule has 1 heterocycles. The SMILES string of the molecule is CC(=O)c1cc(F)ccc1N1CCN(C)C(=O)C1(C)C. The summed E-state index contributed by atoms with van der Waals surface area (Å²) >= 11 is 0. The second-order valence-electron chi connectivity index (χ2n) is 5.66. The van der Waals surface area contributed by atoms with Gasteiger partial charge in [-0.25, -0.2) is 4.39 Å². The zero-order chi connectivity index (χ0) is 15.1. The van der Waals surface area contributed by atoms with Crippen LogP contribution in [0.3, 0.4) is 0 Å². The first kappa shape index (κ1) is 14.5. The van der Waals surface area contributed by atoms with Crippen molar-refractivity contribution in [1.82, 2.24) is 4.90 Å². The largest absolute Gasteiger partial charge is 0.355 e. The molecule has 0 unspecified atom stereocenters. The van der Waals surface area contributed by atoms with Crippen molar-refractivity contribution in [3.63, 3.8) is 0 Å². The van der Waals surface area contributed by atoms with Crippen molar-refractivity contribution in [3.05, 3.63) is 29.6 Å². The average molecular weight is 278 g/mol. The fourth-order valence-electron chi connectivity index (χ4n) is 2.66. The summed E-state index contributed by atoms with van der Waals surface area (Å²) in [5, 5.41) is 0. The molecule has 1 fully saturated rings. The number of hydrogen-bond acceptors (Lipinski definition) is 3. The second kappa shape index (κ2) is 4.89. The van der Waals surface area contributed by atoms with Gasteiger partial charge in [-0.3, -0.25) is 9.59 Å². The van der Waals surface area contributed by atoms with E-state index in [4.69, 9.17) is 0 Å². The molecule has 1 aromatic rings. The van der Waals surface area contributed by atoms with Gasteiger partial charge in [0.1, 0.15) is 11.4 Å². The monoisotopic (exact) mass is 278 g/mol. The third kappa shape index (κ3) is 2.28. The van der Waals surface area contributed by atoms with E-state index in [1.807, 2.05) is 18.7 Å². The molecule has 5 heteroatoms. The Morgan fingerprint density at radius 2 is 1.95 bits per heavy atom. The molecule has 1 amide bonds. The number of Topliss-reactive ketones (excluding diaryl/α,β-unsaturated/α-hetero) is 1. The van der Waals surface area contributed by atoms with E-state index in [1.54, 1.807) is 18.0 Å². The Labute approximate surface area is 118 Å². The first-order valence-corrected chi connectivity index (χ1v) is 6.59. The van der Waals surface area contributed by atoms with Crippen LogP contribution in [0, 0.1) is 5.82 Å². The minimum Gasteiger partial charge on any atom is -0.355 e. The number of nitrogens with zero attached hydrogens (tertiary/aromatic N) is 2. The summed E-state index contributed by atoms with van der Waals surface area (Å²) in [7, 11) is 1.76. The molecule has 0 radical (unpaired) electrons. The molecule has 0 N–H and O–H groups in total. The van der Waals surface area contributed by atoms with Gasteiger partial charge < -0.3 is 9.80 Å². The van der Waals surface area contributed by atoms with Crippen LogP contribution in [0.2, 0.25) is 0 Å². The van der Waals surface area contributed by atoms with E-state index in [-0.39, 0.29) is 11.7 Å². The molecule has 4 nitrogen and oxygen atoms in total. The highest BCUT2D eigenvalue weighted by molar-refractivity contribution is 6.01. The molecule has 0 aliphatic carbocycles. The molecule has 1 aromatic carbocycles. The molecule has 0 saturated carbocycles. The van der Waals surface area contributed by atoms with Gasteiger partial charge in [0.2, 0.25) is 5.91 Å². The fourth-order valence-corrected chi connectivity index (χ4v) is 2.66. The number of amides is 1. The number of benzene rings is 1. The van der Waals surface area contributed by atoms with Crippen molar-refractivity contribution in [1.29, 1.82) is 0 Å². The predicted octanol–water partition coefficient (Wildman–Crippen LogP) is 2.09. The molecule has 0 aromatic heterocycles. The lowest BCUT2D eigenvalue weighted by Crippen LogP contribution is -2.62. The topological polar surface area (TPSA) is 40.6 Å². The van der Waals surface area contributed by atoms with Gasteiger partial charge in [-0.05, 0) is 39.0 Å². The van der Waals surface area contributed by atoms with Crippen molar-refractivity contribution < 1.29 is 14.0 Å². The van der Waals surface area contributed by atoms with Crippen LogP contribution in [0.15, 0.2) is 18.2 Å². The van der Waals surface area contributed by atoms with E-state index in [0.717, 1.165) is 0 Å². The van der Waals surface area contributed by atoms with Gasteiger partial charge in [0.05, 0.1) is 0 Å². The highest BCUT2D eigenvalue weighted by atomic mass is 19.1. The molecule has 0 atom stereocenters. The number of hydrogen-bond donors (Lipinski definition) is 0. The van der Waals surface area contributed by atoms with Crippen LogP contribution in [0.1, 0.15) is 31.1 Å². The maximum atomic E-state index is 13.4. The number of ketones is 1. The number of anilines is 1. The van der Waals surface area contributed by atoms with Gasteiger partial charge in [-0.2, -0.15) is 0 Å². The molecule has 108 valence electrons. The van der Waals surface area contributed by atoms with Crippen molar-refractivity contribution in [2.24, 2.45) is 0 Å². The first-order chi connectivity index (χ1) is 9.25. The zero-order valence-corrected chi connectivity index (χ0v) is 12.2. The third-order valence-corrected chi connectivity index (χ3v) is 3.83. The third-order valence-electron chi connectivity index (χ3n) is 3.83. The van der Waals surface area contributed by atoms with E-state index >= 15 is 0 Å². The summed E-state index contributed by atoms with van der Waals surface area (Å²) in [6, 6.07) is 4.13. The highest BCUT2D eigenvalue weighted by Gasteiger charge is 2.41. The zero-order valence-electron chi connectivity index (χ0n) is 12.2. The van der Waals surface area contributed by atoms with E-state index < -0.39 is 11.4 Å². The van der Waals surface area contributed by atoms with E-state index in [1.165, 1.54) is 19.1 Å². The number of likely N-dealkylation sites (N-methyl/N-ethyl adjacent to an activating group) is 1. The van der Waals surface area contributed by atoms with Crippen molar-refractivity contribution in [2.45, 2.75) is 26.3 Å². The van der Waals surface area contributed by atoms with E-state index in [0.29, 0.717) is 24.3 Å². The molecule has 20 heavy (non-hydrogen) atoms. The summed E-state index contributed by atoms with van der Waals surface area (Å²) < 4.78 is 13.4. The normalized spacial score (nSPS) is 18.4. The molecule has 1 aliphatic heterocycles. The summed E-state index contributed by atoms with van der Waals surface area (Å²) in [5.41, 5.74) is 0.176. The minimum absolute atomic E-state index is 0.0115. The lowest BCUT2D eigenvalue weighted by molar-refractivity contribution is -0.136.